The number of aryl methyl sites for hydroxylation is 1. The standard InChI is InChI=1S/C16H17F5O5/c1-2-3-10-4-6-11(7-5-10)16(20,21)26-12-8-23-14(24-9-12)25-13(22)15(17,18)19/h4-7,12,14H,2-3,8-9H2,1H3. The number of hydrogen-bond donors (Lipinski definition) is 0. The summed E-state index contributed by atoms with van der Waals surface area (Å²) < 4.78 is 82.4. The first-order valence-corrected chi connectivity index (χ1v) is 7.78. The van der Waals surface area contributed by atoms with Crippen molar-refractivity contribution in [2.75, 3.05) is 13.2 Å². The van der Waals surface area contributed by atoms with Crippen molar-refractivity contribution in [1.82, 2.24) is 0 Å². The van der Waals surface area contributed by atoms with Gasteiger partial charge in [-0.3, -0.25) is 0 Å². The molecule has 0 atom stereocenters. The van der Waals surface area contributed by atoms with E-state index in [-0.39, 0.29) is 5.56 Å². The maximum absolute atomic E-state index is 14.2. The smallest absolute Gasteiger partial charge is 0.404 e. The van der Waals surface area contributed by atoms with Gasteiger partial charge in [0.15, 0.2) is 0 Å². The van der Waals surface area contributed by atoms with Crippen LogP contribution in [0.15, 0.2) is 24.3 Å². The van der Waals surface area contributed by atoms with Gasteiger partial charge in [0.2, 0.25) is 0 Å². The van der Waals surface area contributed by atoms with E-state index in [9.17, 15) is 26.7 Å². The molecule has 1 aromatic carbocycles. The lowest BCUT2D eigenvalue weighted by atomic mass is 10.1. The Hall–Kier alpha value is -1.78. The molecule has 1 aliphatic heterocycles. The van der Waals surface area contributed by atoms with Gasteiger partial charge in [0.05, 0.1) is 18.8 Å². The molecule has 1 saturated heterocycles. The summed E-state index contributed by atoms with van der Waals surface area (Å²) in [6.45, 7) is -1.02. The van der Waals surface area contributed by atoms with E-state index in [4.69, 9.17) is 0 Å². The Bertz CT molecular complexity index is 594. The highest BCUT2D eigenvalue weighted by atomic mass is 19.4. The fraction of sp³-hybridized carbons (Fsp3) is 0.562. The van der Waals surface area contributed by atoms with Crippen LogP contribution in [0, 0.1) is 0 Å². The molecule has 0 radical (unpaired) electrons. The van der Waals surface area contributed by atoms with Crippen molar-refractivity contribution in [2.45, 2.75) is 44.6 Å². The number of carbonyl (C=O) groups is 1. The molecule has 1 aromatic rings. The van der Waals surface area contributed by atoms with Crippen LogP contribution in [0.3, 0.4) is 0 Å². The van der Waals surface area contributed by atoms with Crippen LogP contribution in [-0.2, 0) is 36.3 Å². The van der Waals surface area contributed by atoms with Crippen molar-refractivity contribution >= 4 is 5.97 Å². The molecule has 146 valence electrons. The highest BCUT2D eigenvalue weighted by Crippen LogP contribution is 2.32. The molecule has 5 nitrogen and oxygen atoms in total. The third kappa shape index (κ3) is 5.61. The number of esters is 1. The second-order valence-corrected chi connectivity index (χ2v) is 5.56. The lowest BCUT2D eigenvalue weighted by Crippen LogP contribution is -2.43. The molecular weight excluding hydrogens is 367 g/mol. The Morgan fingerprint density at radius 3 is 2.19 bits per heavy atom. The molecule has 0 aliphatic carbocycles. The van der Waals surface area contributed by atoms with Crippen molar-refractivity contribution in [3.8, 4) is 0 Å². The van der Waals surface area contributed by atoms with E-state index < -0.39 is 44.0 Å². The number of alkyl halides is 5. The van der Waals surface area contributed by atoms with E-state index in [1.165, 1.54) is 12.1 Å². The van der Waals surface area contributed by atoms with E-state index in [0.29, 0.717) is 0 Å². The van der Waals surface area contributed by atoms with Gasteiger partial charge in [0.1, 0.15) is 6.10 Å². The average molecular weight is 384 g/mol. The summed E-state index contributed by atoms with van der Waals surface area (Å²) in [6, 6.07) is 5.61. The third-order valence-corrected chi connectivity index (χ3v) is 3.41. The monoisotopic (exact) mass is 384 g/mol. The Balaban J connectivity index is 1.86. The molecule has 1 aliphatic rings. The maximum atomic E-state index is 14.2. The van der Waals surface area contributed by atoms with Crippen LogP contribution in [0.4, 0.5) is 22.0 Å². The van der Waals surface area contributed by atoms with Gasteiger partial charge in [-0.1, -0.05) is 37.6 Å². The molecule has 0 amide bonds. The van der Waals surface area contributed by atoms with Crippen molar-refractivity contribution in [3.05, 3.63) is 35.4 Å². The fourth-order valence-electron chi connectivity index (χ4n) is 2.19. The predicted molar refractivity (Wildman–Crippen MR) is 77.0 cm³/mol. The summed E-state index contributed by atoms with van der Waals surface area (Å²) in [5.74, 6) is -2.50. The molecule has 1 fully saturated rings. The zero-order chi connectivity index (χ0) is 19.4. The van der Waals surface area contributed by atoms with Gasteiger partial charge in [0.25, 0.3) is 0 Å². The summed E-state index contributed by atoms with van der Waals surface area (Å²) in [5.41, 5.74) is 0.536. The minimum Gasteiger partial charge on any atom is -0.404 e. The highest BCUT2D eigenvalue weighted by Gasteiger charge is 2.44. The van der Waals surface area contributed by atoms with Crippen LogP contribution >= 0.6 is 0 Å². The van der Waals surface area contributed by atoms with Gasteiger partial charge in [0, 0.05) is 0 Å². The normalized spacial score (nSPS) is 21.5. The number of ether oxygens (including phenoxy) is 4. The van der Waals surface area contributed by atoms with Gasteiger partial charge in [-0.05, 0) is 12.0 Å². The van der Waals surface area contributed by atoms with Crippen LogP contribution < -0.4 is 0 Å². The first-order chi connectivity index (χ1) is 12.1. The fourth-order valence-corrected chi connectivity index (χ4v) is 2.19. The van der Waals surface area contributed by atoms with E-state index in [1.807, 2.05) is 6.92 Å². The highest BCUT2D eigenvalue weighted by molar-refractivity contribution is 5.75. The Labute approximate surface area is 146 Å². The topological polar surface area (TPSA) is 54.0 Å². The van der Waals surface area contributed by atoms with E-state index >= 15 is 0 Å². The van der Waals surface area contributed by atoms with Crippen molar-refractivity contribution < 1.29 is 45.7 Å². The van der Waals surface area contributed by atoms with Gasteiger partial charge >= 0.3 is 24.7 Å². The van der Waals surface area contributed by atoms with Gasteiger partial charge < -0.3 is 18.9 Å². The maximum Gasteiger partial charge on any atom is 0.491 e. The summed E-state index contributed by atoms with van der Waals surface area (Å²) in [7, 11) is 0. The van der Waals surface area contributed by atoms with E-state index in [2.05, 4.69) is 18.9 Å². The molecule has 0 N–H and O–H groups in total. The zero-order valence-electron chi connectivity index (χ0n) is 13.7. The molecule has 0 bridgehead atoms. The van der Waals surface area contributed by atoms with Crippen LogP contribution in [0.5, 0.6) is 0 Å². The largest absolute Gasteiger partial charge is 0.491 e. The first kappa shape index (κ1) is 20.5. The summed E-state index contributed by atoms with van der Waals surface area (Å²) in [6.07, 6.45) is -8.46. The number of benzene rings is 1. The Morgan fingerprint density at radius 2 is 1.69 bits per heavy atom. The van der Waals surface area contributed by atoms with Gasteiger partial charge in [-0.15, -0.1) is 0 Å². The molecule has 1 heterocycles. The number of carbonyl (C=O) groups excluding carboxylic acids is 1. The summed E-state index contributed by atoms with van der Waals surface area (Å²) in [4.78, 5) is 10.6. The molecule has 0 saturated carbocycles. The van der Waals surface area contributed by atoms with E-state index in [1.54, 1.807) is 12.1 Å². The summed E-state index contributed by atoms with van der Waals surface area (Å²) >= 11 is 0. The average Bonchev–Trinajstić information content (AvgIpc) is 2.56. The molecule has 10 heteroatoms. The molecule has 0 unspecified atom stereocenters. The van der Waals surface area contributed by atoms with Gasteiger partial charge in [-0.2, -0.15) is 22.0 Å². The third-order valence-electron chi connectivity index (χ3n) is 3.41. The van der Waals surface area contributed by atoms with Crippen molar-refractivity contribution in [3.63, 3.8) is 0 Å². The second-order valence-electron chi connectivity index (χ2n) is 5.56. The first-order valence-electron chi connectivity index (χ1n) is 7.78. The SMILES string of the molecule is CCCc1ccc(C(F)(F)OC2COC(OC(=O)C(F)(F)F)OC2)cc1. The second kappa shape index (κ2) is 8.28. The summed E-state index contributed by atoms with van der Waals surface area (Å²) in [5, 5.41) is 0. The minimum atomic E-state index is -5.21. The molecule has 26 heavy (non-hydrogen) atoms. The zero-order valence-corrected chi connectivity index (χ0v) is 13.7. The molecule has 2 rings (SSSR count). The van der Waals surface area contributed by atoms with Crippen LogP contribution in [0.25, 0.3) is 0 Å². The number of rotatable bonds is 6. The lowest BCUT2D eigenvalue weighted by Gasteiger charge is -2.31. The lowest BCUT2D eigenvalue weighted by molar-refractivity contribution is -0.360. The van der Waals surface area contributed by atoms with Crippen molar-refractivity contribution in [1.29, 1.82) is 0 Å². The minimum absolute atomic E-state index is 0.372. The Morgan fingerprint density at radius 1 is 1.12 bits per heavy atom. The molecular formula is C16H17F5O5. The quantitative estimate of drug-likeness (QED) is 0.555. The molecule has 0 aromatic heterocycles. The van der Waals surface area contributed by atoms with Crippen LogP contribution in [-0.4, -0.2) is 37.9 Å². The predicted octanol–water partition coefficient (Wildman–Crippen LogP) is 3.51. The Kier molecular flexibility index (Phi) is 6.53. The van der Waals surface area contributed by atoms with Crippen LogP contribution in [0.2, 0.25) is 0 Å². The number of halogens is 5. The van der Waals surface area contributed by atoms with Crippen LogP contribution in [0.1, 0.15) is 24.5 Å². The van der Waals surface area contributed by atoms with Gasteiger partial charge in [-0.25, -0.2) is 4.79 Å². The molecule has 0 spiro atoms. The number of hydrogen-bond acceptors (Lipinski definition) is 5. The van der Waals surface area contributed by atoms with E-state index in [0.717, 1.165) is 18.4 Å². The van der Waals surface area contributed by atoms with Crippen molar-refractivity contribution in [2.24, 2.45) is 0 Å².